The van der Waals surface area contributed by atoms with Crippen LogP contribution in [0.4, 0.5) is 4.39 Å². The first-order chi connectivity index (χ1) is 16.3. The van der Waals surface area contributed by atoms with Crippen molar-refractivity contribution in [3.8, 4) is 5.75 Å². The fourth-order valence-corrected chi connectivity index (χ4v) is 5.42. The van der Waals surface area contributed by atoms with Crippen molar-refractivity contribution >= 4 is 39.1 Å². The van der Waals surface area contributed by atoms with E-state index in [9.17, 15) is 14.0 Å². The van der Waals surface area contributed by atoms with Gasteiger partial charge >= 0.3 is 0 Å². The Hall–Kier alpha value is -2.71. The highest BCUT2D eigenvalue weighted by molar-refractivity contribution is 9.10. The number of ether oxygens (including phenoxy) is 1. The van der Waals surface area contributed by atoms with E-state index in [2.05, 4.69) is 15.9 Å². The number of fused-ring (bicyclic) bond motifs is 1. The second-order valence-electron chi connectivity index (χ2n) is 8.45. The predicted molar refractivity (Wildman–Crippen MR) is 135 cm³/mol. The highest BCUT2D eigenvalue weighted by Gasteiger charge is 2.34. The number of thiophene rings is 1. The fourth-order valence-electron chi connectivity index (χ4n) is 4.09. The van der Waals surface area contributed by atoms with Crippen LogP contribution in [0.1, 0.15) is 40.7 Å². The molecule has 1 aliphatic heterocycles. The predicted octanol–water partition coefficient (Wildman–Crippen LogP) is 5.71. The van der Waals surface area contributed by atoms with Gasteiger partial charge in [-0.15, -0.1) is 11.3 Å². The molecule has 4 rings (SSSR count). The van der Waals surface area contributed by atoms with Crippen molar-refractivity contribution in [1.29, 1.82) is 0 Å². The molecule has 0 spiro atoms. The van der Waals surface area contributed by atoms with Gasteiger partial charge in [0.05, 0.1) is 6.04 Å². The molecule has 2 aromatic carbocycles. The molecule has 1 aliphatic rings. The zero-order chi connectivity index (χ0) is 24.2. The summed E-state index contributed by atoms with van der Waals surface area (Å²) in [5.74, 6) is -0.0887. The molecule has 0 bridgehead atoms. The van der Waals surface area contributed by atoms with Crippen LogP contribution in [0.15, 0.2) is 64.5 Å². The molecule has 0 N–H and O–H groups in total. The summed E-state index contributed by atoms with van der Waals surface area (Å²) in [4.78, 5) is 31.4. The van der Waals surface area contributed by atoms with Gasteiger partial charge in [-0.1, -0.05) is 22.0 Å². The fraction of sp³-hybridized carbons (Fsp3) is 0.308. The van der Waals surface area contributed by atoms with Crippen LogP contribution in [0.25, 0.3) is 0 Å². The molecule has 5 nitrogen and oxygen atoms in total. The summed E-state index contributed by atoms with van der Waals surface area (Å²) in [5, 5.41) is 2.03. The van der Waals surface area contributed by atoms with E-state index < -0.39 is 0 Å². The van der Waals surface area contributed by atoms with Gasteiger partial charge in [-0.3, -0.25) is 9.59 Å². The molecule has 1 atom stereocenters. The molecule has 0 aliphatic carbocycles. The number of hydrogen-bond donors (Lipinski definition) is 0. The van der Waals surface area contributed by atoms with E-state index in [1.807, 2.05) is 42.3 Å². The molecule has 34 heavy (non-hydrogen) atoms. The van der Waals surface area contributed by atoms with Crippen molar-refractivity contribution < 1.29 is 18.7 Å². The summed E-state index contributed by atoms with van der Waals surface area (Å²) in [6.07, 6.45) is 0.771. The Kier molecular flexibility index (Phi) is 7.68. The van der Waals surface area contributed by atoms with Crippen LogP contribution in [0.5, 0.6) is 5.75 Å². The number of benzene rings is 2. The normalized spacial score (nSPS) is 15.2. The van der Waals surface area contributed by atoms with Gasteiger partial charge < -0.3 is 14.5 Å². The molecular weight excluding hydrogens is 519 g/mol. The first kappa shape index (κ1) is 24.4. The van der Waals surface area contributed by atoms with Gasteiger partial charge in [0, 0.05) is 27.5 Å². The molecule has 1 aromatic heterocycles. The summed E-state index contributed by atoms with van der Waals surface area (Å²) in [7, 11) is 0. The van der Waals surface area contributed by atoms with E-state index in [-0.39, 0.29) is 42.9 Å². The molecule has 3 aromatic rings. The Morgan fingerprint density at radius 3 is 2.68 bits per heavy atom. The Morgan fingerprint density at radius 2 is 1.97 bits per heavy atom. The van der Waals surface area contributed by atoms with Gasteiger partial charge in [-0.2, -0.15) is 0 Å². The zero-order valence-electron chi connectivity index (χ0n) is 19.0. The zero-order valence-corrected chi connectivity index (χ0v) is 21.4. The lowest BCUT2D eigenvalue weighted by molar-refractivity contribution is -0.136. The van der Waals surface area contributed by atoms with Crippen molar-refractivity contribution in [2.75, 3.05) is 19.7 Å². The number of hydrogen-bond acceptors (Lipinski definition) is 4. The summed E-state index contributed by atoms with van der Waals surface area (Å²) in [6.45, 7) is 4.61. The minimum Gasteiger partial charge on any atom is -0.491 e. The second kappa shape index (κ2) is 10.7. The molecule has 178 valence electrons. The molecule has 1 unspecified atom stereocenters. The summed E-state index contributed by atoms with van der Waals surface area (Å²) in [6, 6.07) is 14.7. The molecule has 0 saturated heterocycles. The lowest BCUT2D eigenvalue weighted by atomic mass is 10.00. The average molecular weight is 545 g/mol. The standard InChI is InChI=1S/C26H26BrFN2O3S/c1-17(2)30(26(32)18-4-3-5-19(27)14-18)15-25(31)29-12-10-24-22(11-13-34-24)23(29)16-33-21-8-6-20(28)7-9-21/h3-9,11,13-14,17,23H,10,12,15-16H2,1-2H3. The molecular formula is C26H26BrFN2O3S. The maximum absolute atomic E-state index is 13.5. The summed E-state index contributed by atoms with van der Waals surface area (Å²) < 4.78 is 20.0. The number of carbonyl (C=O) groups is 2. The van der Waals surface area contributed by atoms with E-state index >= 15 is 0 Å². The van der Waals surface area contributed by atoms with Crippen molar-refractivity contribution in [3.05, 3.63) is 86.3 Å². The molecule has 8 heteroatoms. The maximum Gasteiger partial charge on any atom is 0.254 e. The van der Waals surface area contributed by atoms with Crippen molar-refractivity contribution in [2.24, 2.45) is 0 Å². The van der Waals surface area contributed by atoms with E-state index in [0.717, 1.165) is 16.5 Å². The molecule has 0 fully saturated rings. The number of rotatable bonds is 7. The van der Waals surface area contributed by atoms with Gasteiger partial charge in [0.25, 0.3) is 5.91 Å². The van der Waals surface area contributed by atoms with Crippen LogP contribution in [0.3, 0.4) is 0 Å². The monoisotopic (exact) mass is 544 g/mol. The maximum atomic E-state index is 13.5. The lowest BCUT2D eigenvalue weighted by Crippen LogP contribution is -2.49. The third-order valence-corrected chi connectivity index (χ3v) is 7.39. The van der Waals surface area contributed by atoms with Crippen molar-refractivity contribution in [2.45, 2.75) is 32.4 Å². The lowest BCUT2D eigenvalue weighted by Gasteiger charge is -2.37. The van der Waals surface area contributed by atoms with Gasteiger partial charge in [-0.25, -0.2) is 4.39 Å². The van der Waals surface area contributed by atoms with E-state index in [1.165, 1.54) is 17.0 Å². The van der Waals surface area contributed by atoms with Crippen molar-refractivity contribution in [1.82, 2.24) is 9.80 Å². The number of amides is 2. The largest absolute Gasteiger partial charge is 0.491 e. The van der Waals surface area contributed by atoms with Crippen LogP contribution in [-0.4, -0.2) is 47.4 Å². The van der Waals surface area contributed by atoms with Gasteiger partial charge in [0.1, 0.15) is 24.7 Å². The highest BCUT2D eigenvalue weighted by Crippen LogP contribution is 2.34. The third kappa shape index (κ3) is 5.50. The second-order valence-corrected chi connectivity index (χ2v) is 10.4. The van der Waals surface area contributed by atoms with Crippen LogP contribution in [0.2, 0.25) is 0 Å². The van der Waals surface area contributed by atoms with Crippen molar-refractivity contribution in [3.63, 3.8) is 0 Å². The van der Waals surface area contributed by atoms with E-state index in [0.29, 0.717) is 17.9 Å². The third-order valence-electron chi connectivity index (χ3n) is 5.90. The van der Waals surface area contributed by atoms with Gasteiger partial charge in [0.15, 0.2) is 0 Å². The topological polar surface area (TPSA) is 49.9 Å². The summed E-state index contributed by atoms with van der Waals surface area (Å²) >= 11 is 5.09. The first-order valence-electron chi connectivity index (χ1n) is 11.1. The molecule has 2 heterocycles. The van der Waals surface area contributed by atoms with Crippen LogP contribution >= 0.6 is 27.3 Å². The highest BCUT2D eigenvalue weighted by atomic mass is 79.9. The molecule has 0 saturated carbocycles. The number of carbonyl (C=O) groups excluding carboxylic acids is 2. The van der Waals surface area contributed by atoms with Gasteiger partial charge in [-0.05, 0) is 79.7 Å². The Balaban J connectivity index is 1.53. The van der Waals surface area contributed by atoms with Crippen LogP contribution in [0, 0.1) is 5.82 Å². The molecule has 2 amide bonds. The number of halogens is 2. The average Bonchev–Trinajstić information content (AvgIpc) is 3.30. The van der Waals surface area contributed by atoms with E-state index in [1.54, 1.807) is 40.5 Å². The smallest absolute Gasteiger partial charge is 0.254 e. The minimum atomic E-state index is -0.328. The Bertz CT molecular complexity index is 1160. The summed E-state index contributed by atoms with van der Waals surface area (Å²) in [5.41, 5.74) is 1.60. The Morgan fingerprint density at radius 1 is 1.21 bits per heavy atom. The van der Waals surface area contributed by atoms with Crippen LogP contribution < -0.4 is 4.74 Å². The quantitative estimate of drug-likeness (QED) is 0.383. The van der Waals surface area contributed by atoms with Gasteiger partial charge in [0.2, 0.25) is 5.91 Å². The Labute approximate surface area is 211 Å². The molecule has 0 radical (unpaired) electrons. The minimum absolute atomic E-state index is 0.0183. The number of nitrogens with zero attached hydrogens (tertiary/aromatic N) is 2. The SMILES string of the molecule is CC(C)N(CC(=O)N1CCc2sccc2C1COc1ccc(F)cc1)C(=O)c1cccc(Br)c1. The van der Waals surface area contributed by atoms with Crippen LogP contribution in [-0.2, 0) is 11.2 Å². The first-order valence-corrected chi connectivity index (χ1v) is 12.8. The van der Waals surface area contributed by atoms with E-state index in [4.69, 9.17) is 4.74 Å².